The van der Waals surface area contributed by atoms with Gasteiger partial charge < -0.3 is 19.7 Å². The van der Waals surface area contributed by atoms with Crippen LogP contribution in [0.1, 0.15) is 37.4 Å². The molecule has 0 bridgehead atoms. The molecule has 0 aliphatic carbocycles. The Hall–Kier alpha value is -3.99. The molecule has 3 rings (SSSR count). The molecule has 11 heteroatoms. The van der Waals surface area contributed by atoms with Gasteiger partial charge in [0.05, 0.1) is 30.4 Å². The van der Waals surface area contributed by atoms with Crippen molar-refractivity contribution in [3.8, 4) is 5.75 Å². The van der Waals surface area contributed by atoms with E-state index >= 15 is 0 Å². The zero-order chi connectivity index (χ0) is 26.2. The van der Waals surface area contributed by atoms with Gasteiger partial charge in [0.25, 0.3) is 11.6 Å². The van der Waals surface area contributed by atoms with E-state index in [9.17, 15) is 19.7 Å². The number of methoxy groups -OCH3 is 2. The predicted octanol–water partition coefficient (Wildman–Crippen LogP) is 3.35. The minimum Gasteiger partial charge on any atom is -0.497 e. The van der Waals surface area contributed by atoms with Gasteiger partial charge >= 0.3 is 6.03 Å². The van der Waals surface area contributed by atoms with E-state index in [0.29, 0.717) is 23.4 Å². The summed E-state index contributed by atoms with van der Waals surface area (Å²) in [7, 11) is 3.11. The van der Waals surface area contributed by atoms with Gasteiger partial charge in [-0.1, -0.05) is 12.1 Å². The molecule has 1 N–H and O–H groups in total. The smallest absolute Gasteiger partial charge is 0.318 e. The van der Waals surface area contributed by atoms with Crippen LogP contribution in [0.4, 0.5) is 10.5 Å². The first-order chi connectivity index (χ1) is 17.2. The molecule has 1 heterocycles. The Bertz CT molecular complexity index is 1100. The van der Waals surface area contributed by atoms with Crippen LogP contribution in [-0.2, 0) is 9.53 Å². The predicted molar refractivity (Wildman–Crippen MR) is 134 cm³/mol. The molecule has 1 aliphatic rings. The zero-order valence-electron chi connectivity index (χ0n) is 20.8. The van der Waals surface area contributed by atoms with Crippen molar-refractivity contribution in [3.63, 3.8) is 0 Å². The van der Waals surface area contributed by atoms with Crippen LogP contribution < -0.4 is 10.1 Å². The lowest BCUT2D eigenvalue weighted by Crippen LogP contribution is -2.48. The summed E-state index contributed by atoms with van der Waals surface area (Å²) >= 11 is 0. The fraction of sp³-hybridized carbons (Fsp3) is 0.400. The first-order valence-corrected chi connectivity index (χ1v) is 11.6. The maximum atomic E-state index is 13.5. The van der Waals surface area contributed by atoms with E-state index in [-0.39, 0.29) is 43.4 Å². The number of ether oxygens (including phenoxy) is 2. The third-order valence-corrected chi connectivity index (χ3v) is 5.67. The van der Waals surface area contributed by atoms with Gasteiger partial charge in [-0.2, -0.15) is 5.10 Å². The van der Waals surface area contributed by atoms with Crippen molar-refractivity contribution in [2.24, 2.45) is 5.10 Å². The van der Waals surface area contributed by atoms with E-state index in [0.717, 1.165) is 5.56 Å². The summed E-state index contributed by atoms with van der Waals surface area (Å²) in [4.78, 5) is 38.1. The Kier molecular flexibility index (Phi) is 8.96. The maximum Gasteiger partial charge on any atom is 0.318 e. The summed E-state index contributed by atoms with van der Waals surface area (Å²) < 4.78 is 10.4. The number of nitro benzene ring substituents is 1. The second-order valence-corrected chi connectivity index (χ2v) is 8.60. The number of hydrogen-bond donors (Lipinski definition) is 1. The normalized spacial score (nSPS) is 15.0. The summed E-state index contributed by atoms with van der Waals surface area (Å²) in [6.07, 6.45) is 0.409. The molecule has 11 nitrogen and oxygen atoms in total. The number of rotatable bonds is 10. The summed E-state index contributed by atoms with van der Waals surface area (Å²) in [6, 6.07) is 12.5. The third-order valence-electron chi connectivity index (χ3n) is 5.67. The highest BCUT2D eigenvalue weighted by Crippen LogP contribution is 2.34. The Morgan fingerprint density at radius 2 is 1.83 bits per heavy atom. The number of nitrogens with one attached hydrogen (secondary N) is 1. The number of carbonyl (C=O) groups excluding carboxylic acids is 2. The molecular weight excluding hydrogens is 466 g/mol. The molecule has 1 aliphatic heterocycles. The SMILES string of the molecule is COCCN(CC(=O)N1N=C(c2ccc([N+](=O)[O-])cc2)C[C@H]1c1ccc(OC)cc1)C(=O)NC(C)C. The highest BCUT2D eigenvalue weighted by molar-refractivity contribution is 6.03. The minimum absolute atomic E-state index is 0.0260. The topological polar surface area (TPSA) is 127 Å². The van der Waals surface area contributed by atoms with E-state index in [1.54, 1.807) is 19.2 Å². The van der Waals surface area contributed by atoms with Gasteiger partial charge in [0.15, 0.2) is 0 Å². The first-order valence-electron chi connectivity index (χ1n) is 11.6. The van der Waals surface area contributed by atoms with Crippen LogP contribution in [0.15, 0.2) is 53.6 Å². The first kappa shape index (κ1) is 26.6. The van der Waals surface area contributed by atoms with Gasteiger partial charge in [0, 0.05) is 38.2 Å². The van der Waals surface area contributed by atoms with Crippen LogP contribution in [0.5, 0.6) is 5.75 Å². The largest absolute Gasteiger partial charge is 0.497 e. The van der Waals surface area contributed by atoms with Gasteiger partial charge in [-0.15, -0.1) is 0 Å². The third kappa shape index (κ3) is 6.57. The van der Waals surface area contributed by atoms with Gasteiger partial charge in [-0.3, -0.25) is 14.9 Å². The average molecular weight is 498 g/mol. The number of non-ortho nitro benzene ring substituents is 1. The van der Waals surface area contributed by atoms with Crippen LogP contribution in [0.3, 0.4) is 0 Å². The van der Waals surface area contributed by atoms with Gasteiger partial charge in [-0.25, -0.2) is 9.80 Å². The number of hydrogen-bond acceptors (Lipinski definition) is 7. The Morgan fingerprint density at radius 3 is 2.39 bits per heavy atom. The monoisotopic (exact) mass is 497 g/mol. The number of benzene rings is 2. The summed E-state index contributed by atoms with van der Waals surface area (Å²) in [5.74, 6) is 0.324. The van der Waals surface area contributed by atoms with E-state index in [2.05, 4.69) is 10.4 Å². The molecule has 0 spiro atoms. The molecule has 192 valence electrons. The minimum atomic E-state index is -0.465. The molecule has 1 atom stereocenters. The molecule has 2 aromatic carbocycles. The van der Waals surface area contributed by atoms with Crippen molar-refractivity contribution in [2.75, 3.05) is 33.9 Å². The van der Waals surface area contributed by atoms with Gasteiger partial charge in [0.1, 0.15) is 12.3 Å². The van der Waals surface area contributed by atoms with Crippen molar-refractivity contribution >= 4 is 23.3 Å². The zero-order valence-corrected chi connectivity index (χ0v) is 20.8. The lowest BCUT2D eigenvalue weighted by atomic mass is 9.98. The number of urea groups is 1. The molecule has 0 radical (unpaired) electrons. The molecule has 2 aromatic rings. The summed E-state index contributed by atoms with van der Waals surface area (Å²) in [5, 5.41) is 19.8. The molecular formula is C25H31N5O6. The standard InChI is InChI=1S/C25H31N5O6/c1-17(2)26-25(32)28(13-14-35-3)16-24(31)29-23(19-7-11-21(36-4)12-8-19)15-22(27-29)18-5-9-20(10-6-18)30(33)34/h5-12,17,23H,13-16H2,1-4H3,(H,26,32)/t23-/m0/s1. The van der Waals surface area contributed by atoms with Crippen molar-refractivity contribution in [3.05, 3.63) is 69.8 Å². The van der Waals surface area contributed by atoms with Crippen molar-refractivity contribution in [2.45, 2.75) is 32.4 Å². The van der Waals surface area contributed by atoms with E-state index in [1.807, 2.05) is 38.1 Å². The van der Waals surface area contributed by atoms with Crippen molar-refractivity contribution < 1.29 is 24.0 Å². The van der Waals surface area contributed by atoms with Gasteiger partial charge in [0.2, 0.25) is 0 Å². The van der Waals surface area contributed by atoms with E-state index in [4.69, 9.17) is 9.47 Å². The lowest BCUT2D eigenvalue weighted by Gasteiger charge is -2.27. The second kappa shape index (κ2) is 12.1. The number of amides is 3. The van der Waals surface area contributed by atoms with Crippen LogP contribution in [-0.4, -0.2) is 72.4 Å². The van der Waals surface area contributed by atoms with E-state index in [1.165, 1.54) is 29.2 Å². The van der Waals surface area contributed by atoms with Gasteiger partial charge in [-0.05, 0) is 49.2 Å². The Balaban J connectivity index is 1.90. The number of nitrogens with zero attached hydrogens (tertiary/aromatic N) is 4. The summed E-state index contributed by atoms with van der Waals surface area (Å²) in [5.41, 5.74) is 2.12. The molecule has 3 amide bonds. The molecule has 0 fully saturated rings. The summed E-state index contributed by atoms with van der Waals surface area (Å²) in [6.45, 7) is 4.01. The molecule has 0 unspecified atom stereocenters. The van der Waals surface area contributed by atoms with Crippen molar-refractivity contribution in [1.82, 2.24) is 15.2 Å². The average Bonchev–Trinajstić information content (AvgIpc) is 3.31. The molecule has 36 heavy (non-hydrogen) atoms. The molecule has 0 aromatic heterocycles. The fourth-order valence-corrected chi connectivity index (χ4v) is 3.80. The maximum absolute atomic E-state index is 13.5. The van der Waals surface area contributed by atoms with Crippen LogP contribution in [0.2, 0.25) is 0 Å². The second-order valence-electron chi connectivity index (χ2n) is 8.60. The van der Waals surface area contributed by atoms with Crippen molar-refractivity contribution in [1.29, 1.82) is 0 Å². The van der Waals surface area contributed by atoms with Crippen LogP contribution in [0.25, 0.3) is 0 Å². The molecule has 0 saturated carbocycles. The number of carbonyl (C=O) groups is 2. The molecule has 0 saturated heterocycles. The highest BCUT2D eigenvalue weighted by atomic mass is 16.6. The Morgan fingerprint density at radius 1 is 1.17 bits per heavy atom. The highest BCUT2D eigenvalue weighted by Gasteiger charge is 2.34. The fourth-order valence-electron chi connectivity index (χ4n) is 3.80. The number of hydrazone groups is 1. The Labute approximate surface area is 209 Å². The quantitative estimate of drug-likeness (QED) is 0.396. The number of nitro groups is 1. The van der Waals surface area contributed by atoms with E-state index < -0.39 is 11.0 Å². The van der Waals surface area contributed by atoms with Crippen LogP contribution >= 0.6 is 0 Å². The lowest BCUT2D eigenvalue weighted by molar-refractivity contribution is -0.384. The van der Waals surface area contributed by atoms with Crippen LogP contribution in [0, 0.1) is 10.1 Å².